The second-order valence-corrected chi connectivity index (χ2v) is 6.60. The fraction of sp³-hybridized carbons (Fsp3) is 0.556. The van der Waals surface area contributed by atoms with Gasteiger partial charge in [0.25, 0.3) is 0 Å². The summed E-state index contributed by atoms with van der Waals surface area (Å²) in [6, 6.07) is 5.97. The zero-order valence-electron chi connectivity index (χ0n) is 14.7. The highest BCUT2D eigenvalue weighted by molar-refractivity contribution is 6.01. The zero-order valence-corrected chi connectivity index (χ0v) is 15.5. The van der Waals surface area contributed by atoms with Gasteiger partial charge in [0.1, 0.15) is 5.84 Å². The molecule has 0 radical (unpaired) electrons. The van der Waals surface area contributed by atoms with Crippen LogP contribution in [0.15, 0.2) is 23.2 Å². The highest BCUT2D eigenvalue weighted by Gasteiger charge is 2.18. The van der Waals surface area contributed by atoms with Gasteiger partial charge in [-0.3, -0.25) is 0 Å². The number of carbonyl (C=O) groups is 1. The summed E-state index contributed by atoms with van der Waals surface area (Å²) in [7, 11) is 1.99. The van der Waals surface area contributed by atoms with Gasteiger partial charge < -0.3 is 10.2 Å². The Hall–Kier alpha value is -1.55. The van der Waals surface area contributed by atoms with Crippen LogP contribution < -0.4 is 5.32 Å². The monoisotopic (exact) mass is 337 g/mol. The lowest BCUT2D eigenvalue weighted by atomic mass is 9.93. The molecule has 1 aliphatic heterocycles. The van der Waals surface area contributed by atoms with Gasteiger partial charge >= 0.3 is 6.03 Å². The molecule has 2 amide bonds. The molecule has 0 bridgehead atoms. The van der Waals surface area contributed by atoms with E-state index in [1.807, 2.05) is 7.05 Å². The Morgan fingerprint density at radius 1 is 1.17 bits per heavy atom. The number of rotatable bonds is 3. The number of urea groups is 1. The largest absolute Gasteiger partial charge is 0.363 e. The van der Waals surface area contributed by atoms with Crippen molar-refractivity contribution in [2.75, 3.05) is 18.9 Å². The molecule has 4 nitrogen and oxygen atoms in total. The lowest BCUT2D eigenvalue weighted by molar-refractivity contribution is 0.259. The van der Waals surface area contributed by atoms with Crippen LogP contribution in [-0.4, -0.2) is 30.4 Å². The van der Waals surface area contributed by atoms with Crippen LogP contribution in [-0.2, 0) is 0 Å². The molecule has 23 heavy (non-hydrogen) atoms. The molecule has 0 aromatic heterocycles. The van der Waals surface area contributed by atoms with Gasteiger partial charge in [-0.1, -0.05) is 45.9 Å². The number of nitrogens with one attached hydrogen (secondary N) is 1. The van der Waals surface area contributed by atoms with E-state index in [0.29, 0.717) is 11.8 Å². The predicted octanol–water partition coefficient (Wildman–Crippen LogP) is 5.01. The third-order valence-corrected chi connectivity index (χ3v) is 4.17. The van der Waals surface area contributed by atoms with Crippen molar-refractivity contribution < 1.29 is 4.79 Å². The highest BCUT2D eigenvalue weighted by atomic mass is 35.5. The average Bonchev–Trinajstić information content (AvgIpc) is 2.83. The van der Waals surface area contributed by atoms with Gasteiger partial charge in [0.15, 0.2) is 0 Å². The molecule has 5 heteroatoms. The summed E-state index contributed by atoms with van der Waals surface area (Å²) in [5, 5.41) is 3.04. The molecule has 1 fully saturated rings. The molecule has 0 unspecified atom stereocenters. The molecule has 0 aliphatic carbocycles. The minimum atomic E-state index is -0.265. The van der Waals surface area contributed by atoms with Crippen molar-refractivity contribution in [3.05, 3.63) is 29.3 Å². The van der Waals surface area contributed by atoms with Gasteiger partial charge in [-0.15, -0.1) is 12.4 Å². The van der Waals surface area contributed by atoms with Gasteiger partial charge in [-0.05, 0) is 29.4 Å². The Kier molecular flexibility index (Phi) is 7.07. The SMILES string of the molecule is CC(C)c1cccc(C(C)C)c1NC(=O)/N=C1\CCCN1C.Cl. The molecule has 0 spiro atoms. The number of benzene rings is 1. The van der Waals surface area contributed by atoms with Gasteiger partial charge in [0.05, 0.1) is 0 Å². The van der Waals surface area contributed by atoms with Crippen molar-refractivity contribution in [1.29, 1.82) is 0 Å². The quantitative estimate of drug-likeness (QED) is 0.842. The fourth-order valence-electron chi connectivity index (χ4n) is 2.88. The van der Waals surface area contributed by atoms with E-state index in [1.54, 1.807) is 0 Å². The summed E-state index contributed by atoms with van der Waals surface area (Å²) in [6.45, 7) is 9.56. The second-order valence-electron chi connectivity index (χ2n) is 6.60. The molecule has 1 saturated heterocycles. The van der Waals surface area contributed by atoms with Gasteiger partial charge in [0.2, 0.25) is 0 Å². The minimum Gasteiger partial charge on any atom is -0.363 e. The molecule has 1 aromatic rings. The first kappa shape index (κ1) is 19.5. The Labute approximate surface area is 145 Å². The molecule has 2 rings (SSSR count). The van der Waals surface area contributed by atoms with Crippen LogP contribution in [0, 0.1) is 0 Å². The lowest BCUT2D eigenvalue weighted by Gasteiger charge is -2.19. The summed E-state index contributed by atoms with van der Waals surface area (Å²) < 4.78 is 0. The van der Waals surface area contributed by atoms with E-state index in [1.165, 1.54) is 11.1 Å². The van der Waals surface area contributed by atoms with Crippen molar-refractivity contribution in [1.82, 2.24) is 4.90 Å². The Morgan fingerprint density at radius 3 is 2.17 bits per heavy atom. The first-order valence-electron chi connectivity index (χ1n) is 8.12. The number of likely N-dealkylation sites (tertiary alicyclic amines) is 1. The molecular formula is C18H28ClN3O. The van der Waals surface area contributed by atoms with E-state index in [-0.39, 0.29) is 18.4 Å². The summed E-state index contributed by atoms with van der Waals surface area (Å²) >= 11 is 0. The summed E-state index contributed by atoms with van der Waals surface area (Å²) in [5.41, 5.74) is 3.27. The normalized spacial score (nSPS) is 16.1. The number of amides is 2. The summed E-state index contributed by atoms with van der Waals surface area (Å²) in [5.74, 6) is 1.59. The molecular weight excluding hydrogens is 310 g/mol. The number of nitrogens with zero attached hydrogens (tertiary/aromatic N) is 2. The number of para-hydroxylation sites is 1. The lowest BCUT2D eigenvalue weighted by Crippen LogP contribution is -2.22. The maximum absolute atomic E-state index is 12.3. The van der Waals surface area contributed by atoms with Gasteiger partial charge in [0, 0.05) is 25.7 Å². The van der Waals surface area contributed by atoms with Crippen LogP contribution in [0.5, 0.6) is 0 Å². The number of hydrogen-bond acceptors (Lipinski definition) is 1. The van der Waals surface area contributed by atoms with Crippen molar-refractivity contribution in [2.24, 2.45) is 4.99 Å². The molecule has 1 aliphatic rings. The fourth-order valence-corrected chi connectivity index (χ4v) is 2.88. The van der Waals surface area contributed by atoms with E-state index < -0.39 is 0 Å². The molecule has 1 N–H and O–H groups in total. The number of halogens is 1. The summed E-state index contributed by atoms with van der Waals surface area (Å²) in [4.78, 5) is 18.6. The molecule has 0 saturated carbocycles. The highest BCUT2D eigenvalue weighted by Crippen LogP contribution is 2.32. The predicted molar refractivity (Wildman–Crippen MR) is 100 cm³/mol. The minimum absolute atomic E-state index is 0. The van der Waals surface area contributed by atoms with E-state index in [2.05, 4.69) is 61.1 Å². The molecule has 128 valence electrons. The van der Waals surface area contributed by atoms with Crippen molar-refractivity contribution in [3.63, 3.8) is 0 Å². The first-order valence-corrected chi connectivity index (χ1v) is 8.12. The van der Waals surface area contributed by atoms with Gasteiger partial charge in [-0.2, -0.15) is 4.99 Å². The van der Waals surface area contributed by atoms with Crippen molar-refractivity contribution in [2.45, 2.75) is 52.4 Å². The molecule has 1 aromatic carbocycles. The zero-order chi connectivity index (χ0) is 16.3. The standard InChI is InChI=1S/C18H27N3O.ClH/c1-12(2)14-8-6-9-15(13(3)4)17(14)20-18(22)19-16-10-7-11-21(16)5;/h6,8-9,12-13H,7,10-11H2,1-5H3,(H,20,22);1H/b19-16+;. The topological polar surface area (TPSA) is 44.7 Å². The van der Waals surface area contributed by atoms with Crippen LogP contribution >= 0.6 is 12.4 Å². The van der Waals surface area contributed by atoms with E-state index >= 15 is 0 Å². The second kappa shape index (κ2) is 8.34. The number of hydrogen-bond donors (Lipinski definition) is 1. The number of aliphatic imine (C=N–C) groups is 1. The van der Waals surface area contributed by atoms with Crippen LogP contribution in [0.3, 0.4) is 0 Å². The maximum Gasteiger partial charge on any atom is 0.347 e. The molecule has 0 atom stereocenters. The Bertz CT molecular complexity index is 555. The average molecular weight is 338 g/mol. The number of anilines is 1. The van der Waals surface area contributed by atoms with Gasteiger partial charge in [-0.25, -0.2) is 4.79 Å². The third-order valence-electron chi connectivity index (χ3n) is 4.17. The number of amidine groups is 1. The van der Waals surface area contributed by atoms with Crippen molar-refractivity contribution >= 4 is 30.0 Å². The van der Waals surface area contributed by atoms with E-state index in [9.17, 15) is 4.79 Å². The summed E-state index contributed by atoms with van der Waals surface area (Å²) in [6.07, 6.45) is 1.95. The third kappa shape index (κ3) is 4.71. The van der Waals surface area contributed by atoms with Crippen LogP contribution in [0.1, 0.15) is 63.5 Å². The smallest absolute Gasteiger partial charge is 0.347 e. The number of carbonyl (C=O) groups excluding carboxylic acids is 1. The first-order chi connectivity index (χ1) is 10.4. The van der Waals surface area contributed by atoms with E-state index in [0.717, 1.165) is 30.9 Å². The van der Waals surface area contributed by atoms with Crippen LogP contribution in [0.2, 0.25) is 0 Å². The van der Waals surface area contributed by atoms with Crippen LogP contribution in [0.25, 0.3) is 0 Å². The maximum atomic E-state index is 12.3. The molecule has 1 heterocycles. The van der Waals surface area contributed by atoms with E-state index in [4.69, 9.17) is 0 Å². The Morgan fingerprint density at radius 2 is 1.74 bits per heavy atom. The van der Waals surface area contributed by atoms with Crippen molar-refractivity contribution in [3.8, 4) is 0 Å². The Balaban J connectivity index is 0.00000264. The van der Waals surface area contributed by atoms with Crippen LogP contribution in [0.4, 0.5) is 10.5 Å².